The number of anilines is 1. The van der Waals surface area contributed by atoms with Crippen molar-refractivity contribution in [2.24, 2.45) is 0 Å². The summed E-state index contributed by atoms with van der Waals surface area (Å²) in [5, 5.41) is 5.82. The van der Waals surface area contributed by atoms with Gasteiger partial charge in [-0.25, -0.2) is 14.8 Å². The highest BCUT2D eigenvalue weighted by molar-refractivity contribution is 5.74. The van der Waals surface area contributed by atoms with Crippen LogP contribution in [0.15, 0.2) is 36.7 Å². The molecular weight excluding hydrogens is 334 g/mol. The van der Waals surface area contributed by atoms with Crippen molar-refractivity contribution >= 4 is 12.0 Å². The first-order valence-electron chi connectivity index (χ1n) is 8.73. The highest BCUT2D eigenvalue weighted by atomic mass is 16.7. The molecule has 1 aromatic heterocycles. The van der Waals surface area contributed by atoms with Gasteiger partial charge in [0, 0.05) is 38.1 Å². The molecule has 8 nitrogen and oxygen atoms in total. The number of benzene rings is 1. The number of carbonyl (C=O) groups excluding carboxylic acids is 1. The van der Waals surface area contributed by atoms with E-state index in [2.05, 4.69) is 25.5 Å². The molecule has 2 aromatic rings. The van der Waals surface area contributed by atoms with Gasteiger partial charge in [0.1, 0.15) is 0 Å². The van der Waals surface area contributed by atoms with Crippen LogP contribution in [0.4, 0.5) is 10.7 Å². The number of hydrogen-bond donors (Lipinski definition) is 2. The fourth-order valence-corrected chi connectivity index (χ4v) is 3.26. The number of rotatable bonds is 5. The topological polar surface area (TPSA) is 88.6 Å². The molecule has 0 radical (unpaired) electrons. The molecule has 1 saturated heterocycles. The average Bonchev–Trinajstić information content (AvgIpc) is 3.34. The predicted octanol–water partition coefficient (Wildman–Crippen LogP) is 1.67. The third kappa shape index (κ3) is 3.63. The predicted molar refractivity (Wildman–Crippen MR) is 95.2 cm³/mol. The van der Waals surface area contributed by atoms with Crippen molar-refractivity contribution in [3.63, 3.8) is 0 Å². The Morgan fingerprint density at radius 2 is 2.04 bits per heavy atom. The Balaban J connectivity index is 1.26. The van der Waals surface area contributed by atoms with Gasteiger partial charge in [-0.15, -0.1) is 0 Å². The lowest BCUT2D eigenvalue weighted by Gasteiger charge is -2.24. The van der Waals surface area contributed by atoms with Crippen molar-refractivity contribution in [3.8, 4) is 11.5 Å². The number of fused-ring (bicyclic) bond motifs is 1. The summed E-state index contributed by atoms with van der Waals surface area (Å²) in [7, 11) is 0. The number of carbonyl (C=O) groups is 1. The van der Waals surface area contributed by atoms with Crippen LogP contribution in [-0.4, -0.2) is 41.9 Å². The summed E-state index contributed by atoms with van der Waals surface area (Å²) in [6.45, 7) is 2.15. The smallest absolute Gasteiger partial charge is 0.315 e. The van der Waals surface area contributed by atoms with Crippen LogP contribution in [0.1, 0.15) is 18.4 Å². The summed E-state index contributed by atoms with van der Waals surface area (Å²) < 4.78 is 10.6. The Hall–Kier alpha value is -3.03. The molecule has 8 heteroatoms. The summed E-state index contributed by atoms with van der Waals surface area (Å²) in [5.41, 5.74) is 0.963. The third-order valence-corrected chi connectivity index (χ3v) is 4.57. The SMILES string of the molecule is O=C(NCc1ccc2c(c1)OCO2)NC[C@H]1CCCN1c1ncccn1. The third-order valence-electron chi connectivity index (χ3n) is 4.57. The zero-order valence-corrected chi connectivity index (χ0v) is 14.4. The number of amides is 2. The van der Waals surface area contributed by atoms with Crippen LogP contribution in [0.25, 0.3) is 0 Å². The minimum Gasteiger partial charge on any atom is -0.454 e. The summed E-state index contributed by atoms with van der Waals surface area (Å²) in [6.07, 6.45) is 5.57. The van der Waals surface area contributed by atoms with Gasteiger partial charge in [-0.2, -0.15) is 0 Å². The van der Waals surface area contributed by atoms with Gasteiger partial charge < -0.3 is 25.0 Å². The lowest BCUT2D eigenvalue weighted by Crippen LogP contribution is -2.44. The van der Waals surface area contributed by atoms with Crippen LogP contribution in [0.3, 0.4) is 0 Å². The molecule has 2 aliphatic heterocycles. The van der Waals surface area contributed by atoms with E-state index < -0.39 is 0 Å². The summed E-state index contributed by atoms with van der Waals surface area (Å²) in [4.78, 5) is 22.9. The van der Waals surface area contributed by atoms with Gasteiger partial charge in [0.25, 0.3) is 0 Å². The van der Waals surface area contributed by atoms with Crippen molar-refractivity contribution in [3.05, 3.63) is 42.2 Å². The van der Waals surface area contributed by atoms with E-state index in [9.17, 15) is 4.79 Å². The lowest BCUT2D eigenvalue weighted by molar-refractivity contribution is 0.174. The Morgan fingerprint density at radius 1 is 1.19 bits per heavy atom. The first kappa shape index (κ1) is 16.4. The van der Waals surface area contributed by atoms with Crippen molar-refractivity contribution in [1.29, 1.82) is 0 Å². The molecule has 2 amide bonds. The molecule has 0 spiro atoms. The molecule has 1 atom stereocenters. The van der Waals surface area contributed by atoms with Gasteiger partial charge in [0.2, 0.25) is 12.7 Å². The molecular formula is C18H21N5O3. The molecule has 0 unspecified atom stereocenters. The molecule has 0 aliphatic carbocycles. The van der Waals surface area contributed by atoms with Crippen molar-refractivity contribution in [1.82, 2.24) is 20.6 Å². The minimum atomic E-state index is -0.191. The van der Waals surface area contributed by atoms with Crippen LogP contribution in [0, 0.1) is 0 Å². The number of aromatic nitrogens is 2. The van der Waals surface area contributed by atoms with Crippen molar-refractivity contribution < 1.29 is 14.3 Å². The first-order valence-corrected chi connectivity index (χ1v) is 8.73. The Morgan fingerprint density at radius 3 is 2.92 bits per heavy atom. The van der Waals surface area contributed by atoms with E-state index in [4.69, 9.17) is 9.47 Å². The Bertz CT molecular complexity index is 771. The second kappa shape index (κ2) is 7.47. The molecule has 2 aliphatic rings. The maximum absolute atomic E-state index is 12.1. The van der Waals surface area contributed by atoms with Gasteiger partial charge in [0.05, 0.1) is 0 Å². The van der Waals surface area contributed by atoms with Gasteiger partial charge in [-0.1, -0.05) is 6.07 Å². The van der Waals surface area contributed by atoms with Gasteiger partial charge in [-0.05, 0) is 36.6 Å². The number of nitrogens with one attached hydrogen (secondary N) is 2. The standard InChI is InChI=1S/C18H21N5O3/c24-18(21-10-13-4-5-15-16(9-13)26-12-25-15)22-11-14-3-1-8-23(14)17-19-6-2-7-20-17/h2,4-7,9,14H,1,3,8,10-12H2,(H2,21,22,24)/t14-/m1/s1. The largest absolute Gasteiger partial charge is 0.454 e. The van der Waals surface area contributed by atoms with Crippen LogP contribution in [0.5, 0.6) is 11.5 Å². The maximum atomic E-state index is 12.1. The Labute approximate surface area is 151 Å². The molecule has 4 rings (SSSR count). The van der Waals surface area contributed by atoms with E-state index in [1.165, 1.54) is 0 Å². The minimum absolute atomic E-state index is 0.191. The zero-order valence-electron chi connectivity index (χ0n) is 14.4. The average molecular weight is 355 g/mol. The second-order valence-corrected chi connectivity index (χ2v) is 6.29. The van der Waals surface area contributed by atoms with Crippen LogP contribution in [0.2, 0.25) is 0 Å². The fourth-order valence-electron chi connectivity index (χ4n) is 3.26. The number of hydrogen-bond acceptors (Lipinski definition) is 6. The van der Waals surface area contributed by atoms with Crippen LogP contribution < -0.4 is 25.0 Å². The van der Waals surface area contributed by atoms with Gasteiger partial charge in [-0.3, -0.25) is 0 Å². The van der Waals surface area contributed by atoms with E-state index in [-0.39, 0.29) is 18.9 Å². The van der Waals surface area contributed by atoms with Crippen LogP contribution >= 0.6 is 0 Å². The fraction of sp³-hybridized carbons (Fsp3) is 0.389. The summed E-state index contributed by atoms with van der Waals surface area (Å²) in [6, 6.07) is 7.48. The van der Waals surface area contributed by atoms with Gasteiger partial charge >= 0.3 is 6.03 Å². The summed E-state index contributed by atoms with van der Waals surface area (Å²) in [5.74, 6) is 2.18. The number of nitrogens with zero attached hydrogens (tertiary/aromatic N) is 3. The normalized spacial score (nSPS) is 18.0. The van der Waals surface area contributed by atoms with Crippen molar-refractivity contribution in [2.75, 3.05) is 24.8 Å². The van der Waals surface area contributed by atoms with E-state index in [0.29, 0.717) is 18.8 Å². The highest BCUT2D eigenvalue weighted by Gasteiger charge is 2.26. The van der Waals surface area contributed by atoms with Crippen LogP contribution in [-0.2, 0) is 6.54 Å². The summed E-state index contributed by atoms with van der Waals surface area (Å²) >= 11 is 0. The zero-order chi connectivity index (χ0) is 17.8. The number of ether oxygens (including phenoxy) is 2. The monoisotopic (exact) mass is 355 g/mol. The highest BCUT2D eigenvalue weighted by Crippen LogP contribution is 2.32. The molecule has 136 valence electrons. The Kier molecular flexibility index (Phi) is 4.72. The molecule has 1 aromatic carbocycles. The second-order valence-electron chi connectivity index (χ2n) is 6.29. The molecule has 0 bridgehead atoms. The van der Waals surface area contributed by atoms with E-state index >= 15 is 0 Å². The molecule has 2 N–H and O–H groups in total. The molecule has 26 heavy (non-hydrogen) atoms. The quantitative estimate of drug-likeness (QED) is 0.848. The maximum Gasteiger partial charge on any atom is 0.315 e. The molecule has 0 saturated carbocycles. The van der Waals surface area contributed by atoms with E-state index in [1.807, 2.05) is 18.2 Å². The van der Waals surface area contributed by atoms with E-state index in [0.717, 1.165) is 36.6 Å². The first-order chi connectivity index (χ1) is 12.8. The van der Waals surface area contributed by atoms with E-state index in [1.54, 1.807) is 18.5 Å². The molecule has 1 fully saturated rings. The lowest BCUT2D eigenvalue weighted by atomic mass is 10.2. The number of urea groups is 1. The van der Waals surface area contributed by atoms with Gasteiger partial charge in [0.15, 0.2) is 11.5 Å². The van der Waals surface area contributed by atoms with Crippen molar-refractivity contribution in [2.45, 2.75) is 25.4 Å². The molecule has 3 heterocycles.